The van der Waals surface area contributed by atoms with Crippen molar-refractivity contribution in [3.05, 3.63) is 58.1 Å². The Hall–Kier alpha value is -2.86. The highest BCUT2D eigenvalue weighted by molar-refractivity contribution is 6.32. The van der Waals surface area contributed by atoms with Crippen LogP contribution in [-0.2, 0) is 0 Å². The number of carbonyl (C=O) groups excluding carboxylic acids is 3. The van der Waals surface area contributed by atoms with Gasteiger partial charge in [0.15, 0.2) is 5.75 Å². The van der Waals surface area contributed by atoms with Crippen LogP contribution in [0.4, 0.5) is 5.69 Å². The lowest BCUT2D eigenvalue weighted by Gasteiger charge is -2.08. The van der Waals surface area contributed by atoms with Crippen LogP contribution in [0.3, 0.4) is 0 Å². The molecular weight excluding hydrogens is 308 g/mol. The van der Waals surface area contributed by atoms with Crippen molar-refractivity contribution in [2.45, 2.75) is 0 Å². The van der Waals surface area contributed by atoms with Gasteiger partial charge in [-0.15, -0.1) is 0 Å². The lowest BCUT2D eigenvalue weighted by Crippen LogP contribution is -2.19. The highest BCUT2D eigenvalue weighted by atomic mass is 35.5. The smallest absolute Gasteiger partial charge is 0.258 e. The summed E-state index contributed by atoms with van der Waals surface area (Å²) < 4.78 is 0. The molecule has 0 aromatic heterocycles. The largest absolute Gasteiger partial charge is 0.504 e. The van der Waals surface area contributed by atoms with Gasteiger partial charge in [0.1, 0.15) is 0 Å². The Morgan fingerprint density at radius 3 is 2.59 bits per heavy atom. The van der Waals surface area contributed by atoms with Crippen molar-refractivity contribution < 1.29 is 19.5 Å². The van der Waals surface area contributed by atoms with Crippen molar-refractivity contribution >= 4 is 35.0 Å². The molecule has 0 radical (unpaired) electrons. The van der Waals surface area contributed by atoms with E-state index < -0.39 is 17.7 Å². The molecule has 0 unspecified atom stereocenters. The zero-order valence-electron chi connectivity index (χ0n) is 11.0. The van der Waals surface area contributed by atoms with Crippen LogP contribution in [0.2, 0.25) is 5.02 Å². The summed E-state index contributed by atoms with van der Waals surface area (Å²) >= 11 is 5.76. The van der Waals surface area contributed by atoms with Crippen molar-refractivity contribution in [1.29, 1.82) is 0 Å². The van der Waals surface area contributed by atoms with Crippen LogP contribution in [-0.4, -0.2) is 22.8 Å². The Labute approximate surface area is 129 Å². The van der Waals surface area contributed by atoms with Crippen molar-refractivity contribution in [1.82, 2.24) is 5.32 Å². The molecule has 3 rings (SSSR count). The standard InChI is InChI=1S/C15H9ClN2O4/c16-10-2-1-3-11(12(10)19)17-13(20)7-4-5-8-9(6-7)15(22)18-14(8)21/h1-6,19H,(H,17,20)(H,18,21,22). The third-order valence-corrected chi connectivity index (χ3v) is 3.54. The van der Waals surface area contributed by atoms with E-state index in [2.05, 4.69) is 10.6 Å². The Morgan fingerprint density at radius 2 is 1.82 bits per heavy atom. The summed E-state index contributed by atoms with van der Waals surface area (Å²) in [5.41, 5.74) is 0.710. The van der Waals surface area contributed by atoms with Crippen LogP contribution in [0.1, 0.15) is 31.1 Å². The zero-order valence-corrected chi connectivity index (χ0v) is 11.8. The average Bonchev–Trinajstić information content (AvgIpc) is 2.78. The second-order valence-electron chi connectivity index (χ2n) is 4.63. The van der Waals surface area contributed by atoms with Crippen LogP contribution >= 0.6 is 11.6 Å². The highest BCUT2D eigenvalue weighted by Crippen LogP contribution is 2.31. The number of benzene rings is 2. The van der Waals surface area contributed by atoms with Crippen LogP contribution in [0.15, 0.2) is 36.4 Å². The molecule has 110 valence electrons. The van der Waals surface area contributed by atoms with Gasteiger partial charge >= 0.3 is 0 Å². The molecule has 0 saturated heterocycles. The quantitative estimate of drug-likeness (QED) is 0.584. The predicted molar refractivity (Wildman–Crippen MR) is 79.3 cm³/mol. The first-order chi connectivity index (χ1) is 10.5. The summed E-state index contributed by atoms with van der Waals surface area (Å²) in [5.74, 6) is -1.81. The van der Waals surface area contributed by atoms with Crippen LogP contribution < -0.4 is 10.6 Å². The minimum absolute atomic E-state index is 0.108. The first-order valence-electron chi connectivity index (χ1n) is 6.26. The number of carbonyl (C=O) groups is 3. The number of imide groups is 1. The Bertz CT molecular complexity index is 832. The van der Waals surface area contributed by atoms with Crippen molar-refractivity contribution in [3.8, 4) is 5.75 Å². The number of phenols is 1. The fraction of sp³-hybridized carbons (Fsp3) is 0. The molecule has 1 aliphatic heterocycles. The molecule has 0 saturated carbocycles. The van der Waals surface area contributed by atoms with Gasteiger partial charge < -0.3 is 10.4 Å². The monoisotopic (exact) mass is 316 g/mol. The molecule has 1 heterocycles. The third kappa shape index (κ3) is 2.29. The fourth-order valence-corrected chi connectivity index (χ4v) is 2.29. The van der Waals surface area contributed by atoms with Gasteiger partial charge in [0, 0.05) is 5.56 Å². The van der Waals surface area contributed by atoms with Gasteiger partial charge in [0.05, 0.1) is 21.8 Å². The number of anilines is 1. The number of hydrogen-bond donors (Lipinski definition) is 3. The molecule has 0 bridgehead atoms. The van der Waals surface area contributed by atoms with Gasteiger partial charge in [0.2, 0.25) is 0 Å². The maximum absolute atomic E-state index is 12.2. The van der Waals surface area contributed by atoms with E-state index in [0.717, 1.165) is 0 Å². The minimum atomic E-state index is -0.541. The SMILES string of the molecule is O=C(Nc1cccc(Cl)c1O)c1ccc2c(c1)C(=O)NC2=O. The number of fused-ring (bicyclic) bond motifs is 1. The topological polar surface area (TPSA) is 95.5 Å². The van der Waals surface area contributed by atoms with Gasteiger partial charge in [0.25, 0.3) is 17.7 Å². The normalized spacial score (nSPS) is 12.8. The molecule has 1 aliphatic rings. The van der Waals surface area contributed by atoms with E-state index in [0.29, 0.717) is 0 Å². The second kappa shape index (κ2) is 5.16. The van der Waals surface area contributed by atoms with Crippen LogP contribution in [0.5, 0.6) is 5.75 Å². The predicted octanol–water partition coefficient (Wildman–Crippen LogP) is 2.18. The van der Waals surface area contributed by atoms with Crippen LogP contribution in [0, 0.1) is 0 Å². The zero-order chi connectivity index (χ0) is 15.9. The molecule has 3 N–H and O–H groups in total. The summed E-state index contributed by atoms with van der Waals surface area (Å²) in [6, 6.07) is 8.70. The molecule has 2 aromatic carbocycles. The number of aromatic hydroxyl groups is 1. The van der Waals surface area contributed by atoms with Gasteiger partial charge in [-0.25, -0.2) is 0 Å². The highest BCUT2D eigenvalue weighted by Gasteiger charge is 2.27. The van der Waals surface area contributed by atoms with E-state index in [-0.39, 0.29) is 33.1 Å². The Kier molecular flexibility index (Phi) is 3.30. The number of hydrogen-bond acceptors (Lipinski definition) is 4. The maximum atomic E-state index is 12.2. The molecule has 6 nitrogen and oxygen atoms in total. The first kappa shape index (κ1) is 14.1. The number of halogens is 1. The molecule has 0 spiro atoms. The van der Waals surface area contributed by atoms with E-state index in [9.17, 15) is 19.5 Å². The number of para-hydroxylation sites is 1. The molecule has 2 aromatic rings. The number of amides is 3. The van der Waals surface area contributed by atoms with Gasteiger partial charge in [-0.2, -0.15) is 0 Å². The van der Waals surface area contributed by atoms with E-state index >= 15 is 0 Å². The van der Waals surface area contributed by atoms with Crippen molar-refractivity contribution in [2.24, 2.45) is 0 Å². The summed E-state index contributed by atoms with van der Waals surface area (Å²) in [6.07, 6.45) is 0. The first-order valence-corrected chi connectivity index (χ1v) is 6.63. The summed E-state index contributed by atoms with van der Waals surface area (Å²) in [5, 5.41) is 14.5. The molecule has 0 aliphatic carbocycles. The third-order valence-electron chi connectivity index (χ3n) is 3.23. The Morgan fingerprint density at radius 1 is 1.09 bits per heavy atom. The lowest BCUT2D eigenvalue weighted by atomic mass is 10.1. The summed E-state index contributed by atoms with van der Waals surface area (Å²) in [7, 11) is 0. The van der Waals surface area contributed by atoms with E-state index in [4.69, 9.17) is 11.6 Å². The van der Waals surface area contributed by atoms with Gasteiger partial charge in [-0.1, -0.05) is 17.7 Å². The number of nitrogens with one attached hydrogen (secondary N) is 2. The van der Waals surface area contributed by atoms with Gasteiger partial charge in [-0.3, -0.25) is 19.7 Å². The molecule has 0 atom stereocenters. The minimum Gasteiger partial charge on any atom is -0.504 e. The van der Waals surface area contributed by atoms with Crippen molar-refractivity contribution in [2.75, 3.05) is 5.32 Å². The van der Waals surface area contributed by atoms with E-state index in [1.54, 1.807) is 6.07 Å². The van der Waals surface area contributed by atoms with Crippen LogP contribution in [0.25, 0.3) is 0 Å². The molecule has 0 fully saturated rings. The summed E-state index contributed by atoms with van der Waals surface area (Å²) in [6.45, 7) is 0. The number of phenolic OH excluding ortho intramolecular Hbond substituents is 1. The fourth-order valence-electron chi connectivity index (χ4n) is 2.12. The maximum Gasteiger partial charge on any atom is 0.258 e. The van der Waals surface area contributed by atoms with E-state index in [1.807, 2.05) is 0 Å². The average molecular weight is 317 g/mol. The van der Waals surface area contributed by atoms with Gasteiger partial charge in [-0.05, 0) is 30.3 Å². The second-order valence-corrected chi connectivity index (χ2v) is 5.04. The lowest BCUT2D eigenvalue weighted by molar-refractivity contribution is 0.0879. The Balaban J connectivity index is 1.91. The summed E-state index contributed by atoms with van der Waals surface area (Å²) in [4.78, 5) is 35.2. The van der Waals surface area contributed by atoms with E-state index in [1.165, 1.54) is 30.3 Å². The molecule has 7 heteroatoms. The molecule has 22 heavy (non-hydrogen) atoms. The molecule has 3 amide bonds. The van der Waals surface area contributed by atoms with Crippen molar-refractivity contribution in [3.63, 3.8) is 0 Å². The molecular formula is C15H9ClN2O4. The number of rotatable bonds is 2.